The van der Waals surface area contributed by atoms with Crippen LogP contribution in [-0.2, 0) is 22.4 Å². The van der Waals surface area contributed by atoms with Crippen molar-refractivity contribution in [3.05, 3.63) is 75.4 Å². The van der Waals surface area contributed by atoms with Crippen LogP contribution in [0.1, 0.15) is 38.4 Å². The Bertz CT molecular complexity index is 1150. The molecule has 2 N–H and O–H groups in total. The van der Waals surface area contributed by atoms with Crippen molar-refractivity contribution >= 4 is 44.6 Å². The van der Waals surface area contributed by atoms with Gasteiger partial charge in [-0.15, -0.1) is 0 Å². The molecule has 1 heterocycles. The topological polar surface area (TPSA) is 97.4 Å². The van der Waals surface area contributed by atoms with Gasteiger partial charge < -0.3 is 4.74 Å². The summed E-state index contributed by atoms with van der Waals surface area (Å²) in [6.07, 6.45) is 2.51. The fourth-order valence-electron chi connectivity index (χ4n) is 3.48. The van der Waals surface area contributed by atoms with Crippen LogP contribution in [0.3, 0.4) is 0 Å². The van der Waals surface area contributed by atoms with Gasteiger partial charge in [-0.2, -0.15) is 0 Å². The van der Waals surface area contributed by atoms with E-state index >= 15 is 0 Å². The third-order valence-corrected chi connectivity index (χ3v) is 5.41. The minimum Gasteiger partial charge on any atom is -0.452 e. The zero-order valence-electron chi connectivity index (χ0n) is 15.9. The molecule has 1 aromatic heterocycles. The summed E-state index contributed by atoms with van der Waals surface area (Å²) in [5.74, 6) is -1.68. The molecule has 0 saturated heterocycles. The lowest BCUT2D eigenvalue weighted by Gasteiger charge is -2.12. The number of fused-ring (bicyclic) bond motifs is 2. The number of carbonyl (C=O) groups excluding carboxylic acids is 3. The van der Waals surface area contributed by atoms with Gasteiger partial charge in [-0.3, -0.25) is 25.4 Å². The first-order valence-electron chi connectivity index (χ1n) is 9.45. The number of halogens is 1. The zero-order chi connectivity index (χ0) is 21.1. The number of pyridine rings is 1. The highest BCUT2D eigenvalue weighted by atomic mass is 79.9. The number of hydrogen-bond acceptors (Lipinski definition) is 5. The molecule has 8 heteroatoms. The molecule has 0 saturated carbocycles. The van der Waals surface area contributed by atoms with Crippen molar-refractivity contribution in [2.45, 2.75) is 19.3 Å². The third-order valence-electron chi connectivity index (χ3n) is 4.88. The Kier molecular flexibility index (Phi) is 5.76. The maximum absolute atomic E-state index is 12.8. The fourth-order valence-corrected chi connectivity index (χ4v) is 3.75. The highest BCUT2D eigenvalue weighted by Crippen LogP contribution is 2.30. The molecule has 3 aromatic rings. The Morgan fingerprint density at radius 1 is 1.00 bits per heavy atom. The van der Waals surface area contributed by atoms with Crippen LogP contribution in [0, 0.1) is 0 Å². The summed E-state index contributed by atoms with van der Waals surface area (Å²) in [4.78, 5) is 41.5. The van der Waals surface area contributed by atoms with Gasteiger partial charge in [0, 0.05) is 21.1 Å². The van der Waals surface area contributed by atoms with E-state index in [1.165, 1.54) is 0 Å². The van der Waals surface area contributed by atoms with Gasteiger partial charge in [-0.05, 0) is 55.2 Å². The molecule has 0 fully saturated rings. The summed E-state index contributed by atoms with van der Waals surface area (Å²) in [5, 5.41) is 0.715. The van der Waals surface area contributed by atoms with Crippen LogP contribution in [0.4, 0.5) is 0 Å². The van der Waals surface area contributed by atoms with E-state index in [2.05, 4.69) is 31.8 Å². The number of para-hydroxylation sites is 1. The van der Waals surface area contributed by atoms with E-state index in [4.69, 9.17) is 4.74 Å². The summed E-state index contributed by atoms with van der Waals surface area (Å²) in [7, 11) is 0. The van der Waals surface area contributed by atoms with Crippen molar-refractivity contribution in [1.29, 1.82) is 0 Å². The molecule has 0 aliphatic heterocycles. The van der Waals surface area contributed by atoms with E-state index < -0.39 is 24.4 Å². The van der Waals surface area contributed by atoms with Crippen molar-refractivity contribution in [3.8, 4) is 0 Å². The van der Waals surface area contributed by atoms with Gasteiger partial charge >= 0.3 is 5.97 Å². The SMILES string of the molecule is O=C(COC(=O)c1c2c(nc3ccccc13)CCC2)NNC(=O)c1ccc(Br)cc1. The summed E-state index contributed by atoms with van der Waals surface area (Å²) in [5.41, 5.74) is 7.94. The Morgan fingerprint density at radius 3 is 2.57 bits per heavy atom. The van der Waals surface area contributed by atoms with E-state index in [-0.39, 0.29) is 0 Å². The Labute approximate surface area is 180 Å². The molecule has 7 nitrogen and oxygen atoms in total. The van der Waals surface area contributed by atoms with E-state index in [0.29, 0.717) is 16.5 Å². The van der Waals surface area contributed by atoms with Crippen LogP contribution >= 0.6 is 15.9 Å². The van der Waals surface area contributed by atoms with Crippen LogP contribution in [0.25, 0.3) is 10.9 Å². The summed E-state index contributed by atoms with van der Waals surface area (Å²) < 4.78 is 6.08. The molecule has 0 unspecified atom stereocenters. The second-order valence-corrected chi connectivity index (χ2v) is 7.78. The van der Waals surface area contributed by atoms with E-state index in [0.717, 1.165) is 40.5 Å². The van der Waals surface area contributed by atoms with E-state index in [1.54, 1.807) is 24.3 Å². The molecule has 2 aromatic carbocycles. The van der Waals surface area contributed by atoms with Crippen molar-refractivity contribution in [2.24, 2.45) is 0 Å². The Balaban J connectivity index is 1.40. The maximum Gasteiger partial charge on any atom is 0.339 e. The largest absolute Gasteiger partial charge is 0.452 e. The molecule has 1 aliphatic carbocycles. The molecule has 4 rings (SSSR count). The first kappa shape index (κ1) is 20.0. The maximum atomic E-state index is 12.8. The molecule has 0 radical (unpaired) electrons. The number of ether oxygens (including phenoxy) is 1. The number of nitrogens with one attached hydrogen (secondary N) is 2. The molecule has 2 amide bonds. The van der Waals surface area contributed by atoms with E-state index in [9.17, 15) is 14.4 Å². The number of aromatic nitrogens is 1. The highest BCUT2D eigenvalue weighted by Gasteiger charge is 2.25. The number of esters is 1. The van der Waals surface area contributed by atoms with Crippen molar-refractivity contribution in [3.63, 3.8) is 0 Å². The number of benzene rings is 2. The summed E-state index contributed by atoms with van der Waals surface area (Å²) >= 11 is 3.29. The van der Waals surface area contributed by atoms with Gasteiger partial charge in [0.25, 0.3) is 11.8 Å². The van der Waals surface area contributed by atoms with Gasteiger partial charge in [-0.1, -0.05) is 34.1 Å². The standard InChI is InChI=1S/C22H18BrN3O4/c23-14-10-8-13(9-11-14)21(28)26-25-19(27)12-30-22(29)20-15-4-1-2-6-17(15)24-18-7-3-5-16(18)20/h1-2,4,6,8-11H,3,5,7,12H2,(H,25,27)(H,26,28). The van der Waals surface area contributed by atoms with Crippen LogP contribution in [0.2, 0.25) is 0 Å². The monoisotopic (exact) mass is 467 g/mol. The normalized spacial score (nSPS) is 12.3. The van der Waals surface area contributed by atoms with Crippen molar-refractivity contribution in [2.75, 3.05) is 6.61 Å². The molecular formula is C22H18BrN3O4. The second kappa shape index (κ2) is 8.62. The van der Waals surface area contributed by atoms with Crippen LogP contribution in [0.15, 0.2) is 53.0 Å². The quantitative estimate of drug-likeness (QED) is 0.453. The van der Waals surface area contributed by atoms with Gasteiger partial charge in [0.15, 0.2) is 6.61 Å². The summed E-state index contributed by atoms with van der Waals surface area (Å²) in [6, 6.07) is 14.1. The second-order valence-electron chi connectivity index (χ2n) is 6.87. The molecule has 0 bridgehead atoms. The van der Waals surface area contributed by atoms with Gasteiger partial charge in [0.1, 0.15) is 0 Å². The fraction of sp³-hybridized carbons (Fsp3) is 0.182. The van der Waals surface area contributed by atoms with Gasteiger partial charge in [0.2, 0.25) is 0 Å². The third kappa shape index (κ3) is 4.18. The smallest absolute Gasteiger partial charge is 0.339 e. The minimum atomic E-state index is -0.635. The number of amides is 2. The zero-order valence-corrected chi connectivity index (χ0v) is 17.5. The van der Waals surface area contributed by atoms with Crippen molar-refractivity contribution < 1.29 is 19.1 Å². The van der Waals surface area contributed by atoms with Crippen LogP contribution < -0.4 is 10.9 Å². The number of hydrogen-bond donors (Lipinski definition) is 2. The Hall–Kier alpha value is -3.26. The summed E-state index contributed by atoms with van der Waals surface area (Å²) in [6.45, 7) is -0.509. The number of rotatable bonds is 4. The first-order chi connectivity index (χ1) is 14.5. The van der Waals surface area contributed by atoms with Gasteiger partial charge in [0.05, 0.1) is 11.1 Å². The van der Waals surface area contributed by atoms with Crippen LogP contribution in [-0.4, -0.2) is 29.4 Å². The lowest BCUT2D eigenvalue weighted by atomic mass is 10.0. The number of hydrazine groups is 1. The lowest BCUT2D eigenvalue weighted by Crippen LogP contribution is -2.43. The molecule has 0 spiro atoms. The predicted octanol–water partition coefficient (Wildman–Crippen LogP) is 3.10. The average molecular weight is 468 g/mol. The lowest BCUT2D eigenvalue weighted by molar-refractivity contribution is -0.125. The molecule has 0 atom stereocenters. The highest BCUT2D eigenvalue weighted by molar-refractivity contribution is 9.10. The number of carbonyl (C=O) groups is 3. The number of aryl methyl sites for hydroxylation is 1. The molecule has 152 valence electrons. The number of nitrogens with zero attached hydrogens (tertiary/aromatic N) is 1. The van der Waals surface area contributed by atoms with Crippen LogP contribution in [0.5, 0.6) is 0 Å². The molecule has 30 heavy (non-hydrogen) atoms. The predicted molar refractivity (Wildman–Crippen MR) is 114 cm³/mol. The van der Waals surface area contributed by atoms with Gasteiger partial charge in [-0.25, -0.2) is 4.79 Å². The molecular weight excluding hydrogens is 450 g/mol. The van der Waals surface area contributed by atoms with Crippen molar-refractivity contribution in [1.82, 2.24) is 15.8 Å². The average Bonchev–Trinajstić information content (AvgIpc) is 3.22. The minimum absolute atomic E-state index is 0.384. The van der Waals surface area contributed by atoms with E-state index in [1.807, 2.05) is 24.3 Å². The molecule has 1 aliphatic rings. The Morgan fingerprint density at radius 2 is 1.77 bits per heavy atom. The first-order valence-corrected chi connectivity index (χ1v) is 10.2.